The van der Waals surface area contributed by atoms with Gasteiger partial charge in [0.25, 0.3) is 5.91 Å². The van der Waals surface area contributed by atoms with Gasteiger partial charge in [-0.05, 0) is 37.8 Å². The van der Waals surface area contributed by atoms with E-state index in [0.717, 1.165) is 36.2 Å². The second-order valence-electron chi connectivity index (χ2n) is 7.41. The molecular weight excluding hydrogens is 402 g/mol. The van der Waals surface area contributed by atoms with E-state index in [1.54, 1.807) is 17.1 Å². The van der Waals surface area contributed by atoms with Crippen molar-refractivity contribution >= 4 is 27.9 Å². The topological polar surface area (TPSA) is 134 Å². The average Bonchev–Trinajstić information content (AvgIpc) is 3.20. The molecule has 4 rings (SSSR count). The second-order valence-corrected chi connectivity index (χ2v) is 8.44. The van der Waals surface area contributed by atoms with Crippen molar-refractivity contribution in [2.24, 2.45) is 12.8 Å². The Morgan fingerprint density at radius 2 is 2.20 bits per heavy atom. The highest BCUT2D eigenvalue weighted by Gasteiger charge is 2.26. The molecule has 2 atom stereocenters. The van der Waals surface area contributed by atoms with E-state index in [2.05, 4.69) is 20.4 Å². The van der Waals surface area contributed by atoms with Gasteiger partial charge >= 0.3 is 0 Å². The summed E-state index contributed by atoms with van der Waals surface area (Å²) in [7, 11) is 1.83. The number of nitrogens with two attached hydrogens (primary N) is 2. The molecule has 1 aliphatic heterocycles. The third-order valence-electron chi connectivity index (χ3n) is 5.23. The molecule has 1 aliphatic rings. The molecule has 3 aromatic rings. The third-order valence-corrected chi connectivity index (χ3v) is 6.12. The first-order valence-corrected chi connectivity index (χ1v) is 10.6. The average molecular weight is 428 g/mol. The lowest BCUT2D eigenvalue weighted by atomic mass is 10.1. The first-order valence-electron chi connectivity index (χ1n) is 9.82. The number of nitrogen functional groups attached to an aromatic ring is 1. The number of anilines is 2. The molecule has 1 fully saturated rings. The Morgan fingerprint density at radius 1 is 1.37 bits per heavy atom. The minimum Gasteiger partial charge on any atom is -0.389 e. The molecule has 0 radical (unpaired) electrons. The molecule has 0 bridgehead atoms. The first kappa shape index (κ1) is 20.5. The molecule has 0 unspecified atom stereocenters. The Morgan fingerprint density at radius 3 is 3.00 bits per heavy atom. The Hall–Kier alpha value is -2.82. The van der Waals surface area contributed by atoms with E-state index in [1.165, 1.54) is 11.3 Å². The summed E-state index contributed by atoms with van der Waals surface area (Å²) in [6.45, 7) is 2.52. The zero-order valence-electron chi connectivity index (χ0n) is 17.0. The zero-order valence-corrected chi connectivity index (χ0v) is 17.8. The standard InChI is InChI=1S/C20H25N7O2S/c1-11-4-3-8-23-15(11)20-26-16(18(22)30-20)19(28)25-13-10-24-27(2)17(13)14-6-5-12(21)7-9-29-14/h3-4,8,10,12,14H,5-7,9,21-22H2,1-2H3,(H,25,28)/t12-,14+/m1/s1. The van der Waals surface area contributed by atoms with Crippen LogP contribution in [0, 0.1) is 6.92 Å². The summed E-state index contributed by atoms with van der Waals surface area (Å²) in [6, 6.07) is 3.93. The van der Waals surface area contributed by atoms with Crippen LogP contribution in [0.4, 0.5) is 10.7 Å². The van der Waals surface area contributed by atoms with Crippen molar-refractivity contribution < 1.29 is 9.53 Å². The van der Waals surface area contributed by atoms with E-state index < -0.39 is 0 Å². The number of aryl methyl sites for hydroxylation is 2. The molecule has 9 nitrogen and oxygen atoms in total. The number of hydrogen-bond acceptors (Lipinski definition) is 8. The van der Waals surface area contributed by atoms with Crippen LogP contribution in [0.3, 0.4) is 0 Å². The van der Waals surface area contributed by atoms with E-state index in [4.69, 9.17) is 16.2 Å². The molecule has 1 amide bonds. The summed E-state index contributed by atoms with van der Waals surface area (Å²) in [5, 5.41) is 8.17. The van der Waals surface area contributed by atoms with Crippen LogP contribution in [0.2, 0.25) is 0 Å². The van der Waals surface area contributed by atoms with Crippen LogP contribution in [-0.2, 0) is 11.8 Å². The van der Waals surface area contributed by atoms with Crippen LogP contribution in [0.25, 0.3) is 10.7 Å². The monoisotopic (exact) mass is 427 g/mol. The lowest BCUT2D eigenvalue weighted by Gasteiger charge is -2.17. The highest BCUT2D eigenvalue weighted by molar-refractivity contribution is 7.19. The Bertz CT molecular complexity index is 1060. The summed E-state index contributed by atoms with van der Waals surface area (Å²) in [6.07, 6.45) is 5.58. The zero-order chi connectivity index (χ0) is 21.3. The molecule has 10 heteroatoms. The van der Waals surface area contributed by atoms with Gasteiger partial charge < -0.3 is 21.5 Å². The lowest BCUT2D eigenvalue weighted by molar-refractivity contribution is 0.0529. The molecule has 0 saturated carbocycles. The van der Waals surface area contributed by atoms with Crippen LogP contribution in [-0.4, -0.2) is 38.3 Å². The van der Waals surface area contributed by atoms with Crippen molar-refractivity contribution in [3.05, 3.63) is 41.5 Å². The molecule has 3 aromatic heterocycles. The van der Waals surface area contributed by atoms with E-state index in [-0.39, 0.29) is 23.7 Å². The van der Waals surface area contributed by atoms with Gasteiger partial charge in [-0.15, -0.1) is 0 Å². The third kappa shape index (κ3) is 4.07. The van der Waals surface area contributed by atoms with E-state index in [1.807, 2.05) is 26.1 Å². The molecule has 0 spiro atoms. The molecule has 0 aromatic carbocycles. The SMILES string of the molecule is Cc1cccnc1-c1nc(C(=O)Nc2cnn(C)c2[C@@H]2CC[C@@H](N)CCO2)c(N)s1. The van der Waals surface area contributed by atoms with Crippen molar-refractivity contribution in [1.29, 1.82) is 0 Å². The van der Waals surface area contributed by atoms with Crippen LogP contribution in [0.1, 0.15) is 47.1 Å². The largest absolute Gasteiger partial charge is 0.389 e. The van der Waals surface area contributed by atoms with Gasteiger partial charge in [0.15, 0.2) is 5.69 Å². The molecular formula is C20H25N7O2S. The Balaban J connectivity index is 1.58. The quantitative estimate of drug-likeness (QED) is 0.583. The van der Waals surface area contributed by atoms with Crippen LogP contribution < -0.4 is 16.8 Å². The molecule has 5 N–H and O–H groups in total. The molecule has 4 heterocycles. The highest BCUT2D eigenvalue weighted by Crippen LogP contribution is 2.34. The second kappa shape index (κ2) is 8.50. The minimum absolute atomic E-state index is 0.129. The fraction of sp³-hybridized carbons (Fsp3) is 0.400. The van der Waals surface area contributed by atoms with Crippen molar-refractivity contribution in [2.45, 2.75) is 38.3 Å². The maximum absolute atomic E-state index is 13.0. The van der Waals surface area contributed by atoms with Crippen molar-refractivity contribution in [3.63, 3.8) is 0 Å². The number of aromatic nitrogens is 4. The number of nitrogens with zero attached hydrogens (tertiary/aromatic N) is 4. The number of carbonyl (C=O) groups excluding carboxylic acids is 1. The van der Waals surface area contributed by atoms with Gasteiger partial charge in [-0.25, -0.2) is 4.98 Å². The number of amides is 1. The first-order chi connectivity index (χ1) is 14.4. The normalized spacial score (nSPS) is 19.4. The van der Waals surface area contributed by atoms with Crippen LogP contribution >= 0.6 is 11.3 Å². The fourth-order valence-electron chi connectivity index (χ4n) is 3.58. The van der Waals surface area contributed by atoms with Gasteiger partial charge in [0, 0.05) is 25.9 Å². The summed E-state index contributed by atoms with van der Waals surface area (Å²) in [4.78, 5) is 21.8. The molecule has 158 valence electrons. The highest BCUT2D eigenvalue weighted by atomic mass is 32.1. The smallest absolute Gasteiger partial charge is 0.277 e. The van der Waals surface area contributed by atoms with Crippen LogP contribution in [0.5, 0.6) is 0 Å². The lowest BCUT2D eigenvalue weighted by Crippen LogP contribution is -2.19. The maximum atomic E-state index is 13.0. The number of pyridine rings is 1. The fourth-order valence-corrected chi connectivity index (χ4v) is 4.47. The van der Waals surface area contributed by atoms with Crippen molar-refractivity contribution in [2.75, 3.05) is 17.7 Å². The van der Waals surface area contributed by atoms with Crippen molar-refractivity contribution in [1.82, 2.24) is 19.7 Å². The number of rotatable bonds is 4. The molecule has 30 heavy (non-hydrogen) atoms. The Kier molecular flexibility index (Phi) is 5.80. The Labute approximate surface area is 178 Å². The van der Waals surface area contributed by atoms with Gasteiger partial charge in [-0.3, -0.25) is 14.5 Å². The van der Waals surface area contributed by atoms with Gasteiger partial charge in [-0.2, -0.15) is 5.10 Å². The summed E-state index contributed by atoms with van der Waals surface area (Å²) in [5.74, 6) is -0.386. The number of nitrogens with one attached hydrogen (secondary N) is 1. The van der Waals surface area contributed by atoms with Gasteiger partial charge in [0.2, 0.25) is 0 Å². The molecule has 1 saturated heterocycles. The van der Waals surface area contributed by atoms with Crippen LogP contribution in [0.15, 0.2) is 24.5 Å². The predicted octanol–water partition coefficient (Wildman–Crippen LogP) is 2.65. The number of ether oxygens (including phenoxy) is 1. The molecule has 0 aliphatic carbocycles. The van der Waals surface area contributed by atoms with Gasteiger partial charge in [-0.1, -0.05) is 17.4 Å². The van der Waals surface area contributed by atoms with Crippen molar-refractivity contribution in [3.8, 4) is 10.7 Å². The summed E-state index contributed by atoms with van der Waals surface area (Å²) in [5.41, 5.74) is 15.4. The number of carbonyl (C=O) groups is 1. The summed E-state index contributed by atoms with van der Waals surface area (Å²) < 4.78 is 7.71. The summed E-state index contributed by atoms with van der Waals surface area (Å²) >= 11 is 1.24. The van der Waals surface area contributed by atoms with E-state index in [0.29, 0.717) is 22.3 Å². The van der Waals surface area contributed by atoms with Gasteiger partial charge in [0.05, 0.1) is 17.6 Å². The predicted molar refractivity (Wildman–Crippen MR) is 116 cm³/mol. The number of thiazole rings is 1. The van der Waals surface area contributed by atoms with Gasteiger partial charge in [0.1, 0.15) is 21.8 Å². The maximum Gasteiger partial charge on any atom is 0.277 e. The van der Waals surface area contributed by atoms with E-state index in [9.17, 15) is 4.79 Å². The minimum atomic E-state index is -0.386. The number of hydrogen-bond donors (Lipinski definition) is 3. The van der Waals surface area contributed by atoms with E-state index >= 15 is 0 Å².